The maximum absolute atomic E-state index is 12.2. The summed E-state index contributed by atoms with van der Waals surface area (Å²) in [5.41, 5.74) is 0.618. The average Bonchev–Trinajstić information content (AvgIpc) is 2.45. The van der Waals surface area contributed by atoms with Gasteiger partial charge in [-0.1, -0.05) is 12.1 Å². The Bertz CT molecular complexity index is 462. The maximum atomic E-state index is 12.2. The monoisotopic (exact) mass is 281 g/mol. The van der Waals surface area contributed by atoms with Crippen LogP contribution >= 0.6 is 11.8 Å². The van der Waals surface area contributed by atoms with Gasteiger partial charge in [-0.05, 0) is 26.0 Å². The number of nitrogens with zero attached hydrogens (tertiary/aromatic N) is 1. The Labute approximate surface area is 118 Å². The van der Waals surface area contributed by atoms with E-state index in [9.17, 15) is 9.59 Å². The van der Waals surface area contributed by atoms with Crippen LogP contribution in [-0.4, -0.2) is 42.7 Å². The van der Waals surface area contributed by atoms with Gasteiger partial charge in [0.15, 0.2) is 0 Å². The van der Waals surface area contributed by atoms with E-state index in [1.807, 2.05) is 25.1 Å². The third-order valence-corrected chi connectivity index (χ3v) is 3.93. The molecule has 0 bridgehead atoms. The molecule has 0 fully saturated rings. The minimum atomic E-state index is -0.342. The van der Waals surface area contributed by atoms with Gasteiger partial charge >= 0.3 is 5.97 Å². The zero-order valence-corrected chi connectivity index (χ0v) is 12.5. The van der Waals surface area contributed by atoms with E-state index in [1.54, 1.807) is 24.9 Å². The molecule has 0 aliphatic carbocycles. The van der Waals surface area contributed by atoms with Gasteiger partial charge in [-0.15, -0.1) is 11.8 Å². The number of ether oxygens (including phenoxy) is 1. The fraction of sp³-hybridized carbons (Fsp3) is 0.429. The van der Waals surface area contributed by atoms with Crippen LogP contribution in [0.1, 0.15) is 24.2 Å². The van der Waals surface area contributed by atoms with Crippen molar-refractivity contribution in [1.29, 1.82) is 0 Å². The van der Waals surface area contributed by atoms with Crippen LogP contribution in [0.25, 0.3) is 0 Å². The molecule has 1 aromatic carbocycles. The fourth-order valence-electron chi connectivity index (χ4n) is 1.50. The standard InChI is InChI=1S/C14H19NO3S/c1-5-15(3)13(16)11-8-6-7-9-12(11)19-10(2)14(17)18-4/h6-10H,5H2,1-4H3. The van der Waals surface area contributed by atoms with Crippen molar-refractivity contribution in [3.05, 3.63) is 29.8 Å². The highest BCUT2D eigenvalue weighted by Gasteiger charge is 2.20. The SMILES string of the molecule is CCN(C)C(=O)c1ccccc1SC(C)C(=O)OC. The van der Waals surface area contributed by atoms with Gasteiger partial charge in [-0.2, -0.15) is 0 Å². The number of carbonyl (C=O) groups excluding carboxylic acids is 2. The lowest BCUT2D eigenvalue weighted by molar-refractivity contribution is -0.139. The number of rotatable bonds is 5. The molecule has 0 aromatic heterocycles. The van der Waals surface area contributed by atoms with Crippen LogP contribution in [0.3, 0.4) is 0 Å². The first kappa shape index (κ1) is 15.6. The number of esters is 1. The lowest BCUT2D eigenvalue weighted by Crippen LogP contribution is -2.27. The minimum absolute atomic E-state index is 0.0392. The summed E-state index contributed by atoms with van der Waals surface area (Å²) < 4.78 is 4.70. The van der Waals surface area contributed by atoms with Gasteiger partial charge in [0.2, 0.25) is 0 Å². The molecule has 5 heteroatoms. The largest absolute Gasteiger partial charge is 0.468 e. The molecule has 0 radical (unpaired) electrons. The number of benzene rings is 1. The number of methoxy groups -OCH3 is 1. The van der Waals surface area contributed by atoms with E-state index in [-0.39, 0.29) is 17.1 Å². The molecule has 1 unspecified atom stereocenters. The zero-order valence-electron chi connectivity index (χ0n) is 11.7. The molecule has 0 spiro atoms. The van der Waals surface area contributed by atoms with Gasteiger partial charge in [0, 0.05) is 18.5 Å². The van der Waals surface area contributed by atoms with Crippen molar-refractivity contribution < 1.29 is 14.3 Å². The molecule has 1 amide bonds. The van der Waals surface area contributed by atoms with E-state index in [1.165, 1.54) is 18.9 Å². The Balaban J connectivity index is 2.96. The molecule has 0 saturated heterocycles. The predicted octanol–water partition coefficient (Wildman–Crippen LogP) is 2.43. The van der Waals surface area contributed by atoms with E-state index < -0.39 is 0 Å². The van der Waals surface area contributed by atoms with Crippen molar-refractivity contribution >= 4 is 23.6 Å². The molecule has 1 atom stereocenters. The molecule has 1 aromatic rings. The lowest BCUT2D eigenvalue weighted by atomic mass is 10.2. The van der Waals surface area contributed by atoms with Crippen molar-refractivity contribution in [3.63, 3.8) is 0 Å². The Hall–Kier alpha value is -1.49. The predicted molar refractivity (Wildman–Crippen MR) is 76.4 cm³/mol. The Morgan fingerprint density at radius 1 is 1.37 bits per heavy atom. The molecular formula is C14H19NO3S. The van der Waals surface area contributed by atoms with Gasteiger partial charge in [0.05, 0.1) is 12.7 Å². The molecule has 0 aliphatic rings. The van der Waals surface area contributed by atoms with Crippen LogP contribution in [0.4, 0.5) is 0 Å². The molecule has 1 rings (SSSR count). The summed E-state index contributed by atoms with van der Waals surface area (Å²) in [5.74, 6) is -0.334. The summed E-state index contributed by atoms with van der Waals surface area (Å²) >= 11 is 1.34. The molecule has 4 nitrogen and oxygen atoms in total. The number of carbonyl (C=O) groups is 2. The minimum Gasteiger partial charge on any atom is -0.468 e. The van der Waals surface area contributed by atoms with Crippen LogP contribution in [-0.2, 0) is 9.53 Å². The summed E-state index contributed by atoms with van der Waals surface area (Å²) in [4.78, 5) is 26.1. The second-order valence-electron chi connectivity index (χ2n) is 4.10. The van der Waals surface area contributed by atoms with Crippen molar-refractivity contribution in [3.8, 4) is 0 Å². The van der Waals surface area contributed by atoms with Gasteiger partial charge in [0.1, 0.15) is 5.25 Å². The summed E-state index contributed by atoms with van der Waals surface area (Å²) in [6.07, 6.45) is 0. The van der Waals surface area contributed by atoms with Crippen LogP contribution in [0.15, 0.2) is 29.2 Å². The Kier molecular flexibility index (Phi) is 5.89. The first-order valence-corrected chi connectivity index (χ1v) is 6.98. The molecule has 104 valence electrons. The van der Waals surface area contributed by atoms with Gasteiger partial charge in [-0.3, -0.25) is 9.59 Å². The van der Waals surface area contributed by atoms with Gasteiger partial charge < -0.3 is 9.64 Å². The zero-order chi connectivity index (χ0) is 14.4. The molecule has 0 aliphatic heterocycles. The summed E-state index contributed by atoms with van der Waals surface area (Å²) in [6, 6.07) is 7.31. The fourth-order valence-corrected chi connectivity index (χ4v) is 2.51. The van der Waals surface area contributed by atoms with E-state index in [2.05, 4.69) is 0 Å². The molecule has 19 heavy (non-hydrogen) atoms. The van der Waals surface area contributed by atoms with E-state index >= 15 is 0 Å². The molecule has 0 heterocycles. The van der Waals surface area contributed by atoms with E-state index in [0.29, 0.717) is 12.1 Å². The summed E-state index contributed by atoms with van der Waals surface area (Å²) in [5, 5.41) is -0.342. The first-order chi connectivity index (χ1) is 9.01. The first-order valence-electron chi connectivity index (χ1n) is 6.10. The Morgan fingerprint density at radius 2 is 2.00 bits per heavy atom. The second-order valence-corrected chi connectivity index (χ2v) is 5.48. The van der Waals surface area contributed by atoms with Gasteiger partial charge in [-0.25, -0.2) is 0 Å². The number of amides is 1. The third-order valence-electron chi connectivity index (χ3n) is 2.78. The summed E-state index contributed by atoms with van der Waals surface area (Å²) in [7, 11) is 3.12. The number of hydrogen-bond acceptors (Lipinski definition) is 4. The lowest BCUT2D eigenvalue weighted by Gasteiger charge is -2.17. The maximum Gasteiger partial charge on any atom is 0.318 e. The quantitative estimate of drug-likeness (QED) is 0.614. The van der Waals surface area contributed by atoms with Crippen LogP contribution in [0.2, 0.25) is 0 Å². The van der Waals surface area contributed by atoms with Crippen LogP contribution in [0, 0.1) is 0 Å². The van der Waals surface area contributed by atoms with Crippen molar-refractivity contribution in [1.82, 2.24) is 4.90 Å². The highest BCUT2D eigenvalue weighted by molar-refractivity contribution is 8.00. The van der Waals surface area contributed by atoms with Gasteiger partial charge in [0.25, 0.3) is 5.91 Å². The summed E-state index contributed by atoms with van der Waals surface area (Å²) in [6.45, 7) is 4.33. The third kappa shape index (κ3) is 3.99. The van der Waals surface area contributed by atoms with Crippen molar-refractivity contribution in [2.45, 2.75) is 24.0 Å². The van der Waals surface area contributed by atoms with E-state index in [4.69, 9.17) is 4.74 Å². The number of hydrogen-bond donors (Lipinski definition) is 0. The molecular weight excluding hydrogens is 262 g/mol. The van der Waals surface area contributed by atoms with Crippen LogP contribution in [0.5, 0.6) is 0 Å². The highest BCUT2D eigenvalue weighted by Crippen LogP contribution is 2.28. The second kappa shape index (κ2) is 7.19. The normalized spacial score (nSPS) is 11.8. The molecule has 0 saturated carbocycles. The van der Waals surface area contributed by atoms with Crippen molar-refractivity contribution in [2.75, 3.05) is 20.7 Å². The average molecular weight is 281 g/mol. The van der Waals surface area contributed by atoms with E-state index in [0.717, 1.165) is 4.90 Å². The highest BCUT2D eigenvalue weighted by atomic mass is 32.2. The van der Waals surface area contributed by atoms with Crippen LogP contribution < -0.4 is 0 Å². The number of thioether (sulfide) groups is 1. The smallest absolute Gasteiger partial charge is 0.318 e. The van der Waals surface area contributed by atoms with Crippen molar-refractivity contribution in [2.24, 2.45) is 0 Å². The Morgan fingerprint density at radius 3 is 2.58 bits per heavy atom. The molecule has 0 N–H and O–H groups in total. The topological polar surface area (TPSA) is 46.6 Å².